The van der Waals surface area contributed by atoms with Gasteiger partial charge < -0.3 is 24.4 Å². The summed E-state index contributed by atoms with van der Waals surface area (Å²) in [5, 5.41) is 2.73. The second-order valence-electron chi connectivity index (χ2n) is 12.3. The minimum Gasteiger partial charge on any atom is -0.444 e. The number of piperidine rings is 1. The number of piperazine rings is 1. The second-order valence-corrected chi connectivity index (χ2v) is 12.3. The average Bonchev–Trinajstić information content (AvgIpc) is 3.46. The van der Waals surface area contributed by atoms with E-state index in [-0.39, 0.29) is 23.9 Å². The highest BCUT2D eigenvalue weighted by molar-refractivity contribution is 5.96. The van der Waals surface area contributed by atoms with Crippen molar-refractivity contribution in [1.82, 2.24) is 29.6 Å². The van der Waals surface area contributed by atoms with Crippen LogP contribution in [0.3, 0.4) is 0 Å². The van der Waals surface area contributed by atoms with Crippen LogP contribution in [-0.2, 0) is 11.3 Å². The average molecular weight is 587 g/mol. The maximum absolute atomic E-state index is 13.4. The van der Waals surface area contributed by atoms with E-state index >= 15 is 0 Å². The van der Waals surface area contributed by atoms with E-state index in [4.69, 9.17) is 9.72 Å². The number of carbonyl (C=O) groups is 3. The van der Waals surface area contributed by atoms with E-state index < -0.39 is 5.60 Å². The van der Waals surface area contributed by atoms with Gasteiger partial charge in [0.25, 0.3) is 11.8 Å². The van der Waals surface area contributed by atoms with E-state index in [1.807, 2.05) is 55.8 Å². The third-order valence-electron chi connectivity index (χ3n) is 7.99. The van der Waals surface area contributed by atoms with Gasteiger partial charge in [0.15, 0.2) is 5.82 Å². The Bertz CT molecular complexity index is 1430. The van der Waals surface area contributed by atoms with E-state index in [1.54, 1.807) is 22.9 Å². The standard InChI is InChI=1S/C33H42N6O4/c1-33(2,3)43-32(42)38-19-17-37(18-20-38)31(41)26-12-8-11-25(21-26)28-23-39(29(35-28)30(40)34-4)27-13-15-36(16-14-27)22-24-9-6-5-7-10-24/h5-12,21,23,27H,13-20,22H2,1-4H3,(H,34,40). The Morgan fingerprint density at radius 2 is 1.58 bits per heavy atom. The largest absolute Gasteiger partial charge is 0.444 e. The topological polar surface area (TPSA) is 100 Å². The fourth-order valence-corrected chi connectivity index (χ4v) is 5.70. The fraction of sp³-hybridized carbons (Fsp3) is 0.455. The number of amides is 3. The molecule has 10 nitrogen and oxygen atoms in total. The number of carbonyl (C=O) groups excluding carboxylic acids is 3. The van der Waals surface area contributed by atoms with Crippen molar-refractivity contribution in [1.29, 1.82) is 0 Å². The van der Waals surface area contributed by atoms with Gasteiger partial charge in [-0.05, 0) is 51.3 Å². The van der Waals surface area contributed by atoms with Gasteiger partial charge in [-0.1, -0.05) is 42.5 Å². The number of hydrogen-bond donors (Lipinski definition) is 1. The van der Waals surface area contributed by atoms with E-state index in [0.717, 1.165) is 38.0 Å². The quantitative estimate of drug-likeness (QED) is 0.459. The number of hydrogen-bond acceptors (Lipinski definition) is 6. The van der Waals surface area contributed by atoms with Gasteiger partial charge in [-0.2, -0.15) is 0 Å². The number of imidazole rings is 1. The Hall–Kier alpha value is -4.18. The van der Waals surface area contributed by atoms with Crippen LogP contribution in [0.5, 0.6) is 0 Å². The summed E-state index contributed by atoms with van der Waals surface area (Å²) < 4.78 is 7.49. The number of likely N-dealkylation sites (tertiary alicyclic amines) is 1. The molecule has 0 unspecified atom stereocenters. The zero-order valence-electron chi connectivity index (χ0n) is 25.6. The molecule has 2 fully saturated rings. The van der Waals surface area contributed by atoms with Crippen LogP contribution in [0.1, 0.15) is 66.2 Å². The van der Waals surface area contributed by atoms with E-state index in [1.165, 1.54) is 5.56 Å². The van der Waals surface area contributed by atoms with Crippen LogP contribution in [0, 0.1) is 0 Å². The molecule has 5 rings (SSSR count). The zero-order chi connectivity index (χ0) is 30.6. The van der Waals surface area contributed by atoms with E-state index in [2.05, 4.69) is 34.5 Å². The van der Waals surface area contributed by atoms with Crippen molar-refractivity contribution in [2.75, 3.05) is 46.3 Å². The van der Waals surface area contributed by atoms with Gasteiger partial charge in [-0.15, -0.1) is 0 Å². The summed E-state index contributed by atoms with van der Waals surface area (Å²) in [6.45, 7) is 10.0. The highest BCUT2D eigenvalue weighted by atomic mass is 16.6. The van der Waals surface area contributed by atoms with Gasteiger partial charge in [0, 0.05) is 76.2 Å². The highest BCUT2D eigenvalue weighted by Gasteiger charge is 2.29. The van der Waals surface area contributed by atoms with Gasteiger partial charge >= 0.3 is 6.09 Å². The summed E-state index contributed by atoms with van der Waals surface area (Å²) >= 11 is 0. The lowest BCUT2D eigenvalue weighted by Crippen LogP contribution is -2.51. The van der Waals surface area contributed by atoms with Gasteiger partial charge in [-0.25, -0.2) is 9.78 Å². The van der Waals surface area contributed by atoms with Crippen LogP contribution in [-0.4, -0.2) is 94.1 Å². The van der Waals surface area contributed by atoms with Crippen LogP contribution in [0.4, 0.5) is 4.79 Å². The number of benzene rings is 2. The monoisotopic (exact) mass is 586 g/mol. The molecule has 2 aromatic carbocycles. The first-order valence-corrected chi connectivity index (χ1v) is 15.1. The molecule has 2 aliphatic rings. The summed E-state index contributed by atoms with van der Waals surface area (Å²) in [7, 11) is 1.62. The molecule has 43 heavy (non-hydrogen) atoms. The van der Waals surface area contributed by atoms with Crippen molar-refractivity contribution >= 4 is 17.9 Å². The molecule has 228 valence electrons. The van der Waals surface area contributed by atoms with Crippen molar-refractivity contribution in [2.24, 2.45) is 0 Å². The van der Waals surface area contributed by atoms with Crippen molar-refractivity contribution in [3.63, 3.8) is 0 Å². The molecule has 0 saturated carbocycles. The molecule has 3 aromatic rings. The van der Waals surface area contributed by atoms with Crippen LogP contribution in [0.25, 0.3) is 11.3 Å². The number of nitrogens with one attached hydrogen (secondary N) is 1. The first-order valence-electron chi connectivity index (χ1n) is 15.1. The van der Waals surface area contributed by atoms with E-state index in [0.29, 0.717) is 43.3 Å². The number of rotatable bonds is 6. The normalized spacial score (nSPS) is 16.7. The smallest absolute Gasteiger partial charge is 0.410 e. The summed E-state index contributed by atoms with van der Waals surface area (Å²) in [4.78, 5) is 49.3. The molecule has 3 amide bonds. The van der Waals surface area contributed by atoms with Crippen molar-refractivity contribution in [2.45, 2.75) is 51.8 Å². The summed E-state index contributed by atoms with van der Waals surface area (Å²) in [5.41, 5.74) is 2.73. The first kappa shape index (κ1) is 30.3. The van der Waals surface area contributed by atoms with Gasteiger partial charge in [0.2, 0.25) is 0 Å². The molecule has 1 aromatic heterocycles. The molecule has 2 aliphatic heterocycles. The molecule has 2 saturated heterocycles. The van der Waals surface area contributed by atoms with Crippen LogP contribution >= 0.6 is 0 Å². The van der Waals surface area contributed by atoms with E-state index in [9.17, 15) is 14.4 Å². The highest BCUT2D eigenvalue weighted by Crippen LogP contribution is 2.29. The zero-order valence-corrected chi connectivity index (χ0v) is 25.6. The minimum atomic E-state index is -0.561. The SMILES string of the molecule is CNC(=O)c1nc(-c2cccc(C(=O)N3CCN(C(=O)OC(C)(C)C)CC3)c2)cn1C1CCN(Cc2ccccc2)CC1. The van der Waals surface area contributed by atoms with Crippen molar-refractivity contribution < 1.29 is 19.1 Å². The first-order chi connectivity index (χ1) is 20.6. The molecular formula is C33H42N6O4. The Morgan fingerprint density at radius 3 is 2.23 bits per heavy atom. The maximum atomic E-state index is 13.4. The molecule has 0 bridgehead atoms. The van der Waals surface area contributed by atoms with Crippen LogP contribution < -0.4 is 5.32 Å². The van der Waals surface area contributed by atoms with Crippen molar-refractivity contribution in [3.8, 4) is 11.3 Å². The molecule has 0 spiro atoms. The Morgan fingerprint density at radius 1 is 0.907 bits per heavy atom. The Labute approximate surface area is 253 Å². The number of ether oxygens (including phenoxy) is 1. The fourth-order valence-electron chi connectivity index (χ4n) is 5.70. The summed E-state index contributed by atoms with van der Waals surface area (Å²) in [6, 6.07) is 18.0. The molecule has 3 heterocycles. The number of nitrogens with zero attached hydrogens (tertiary/aromatic N) is 5. The summed E-state index contributed by atoms with van der Waals surface area (Å²) in [6.07, 6.45) is 3.43. The number of aromatic nitrogens is 2. The van der Waals surface area contributed by atoms with Crippen LogP contribution in [0.2, 0.25) is 0 Å². The Kier molecular flexibility index (Phi) is 9.15. The second kappa shape index (κ2) is 13.0. The minimum absolute atomic E-state index is 0.0950. The molecule has 1 N–H and O–H groups in total. The third-order valence-corrected chi connectivity index (χ3v) is 7.99. The maximum Gasteiger partial charge on any atom is 0.410 e. The molecule has 0 radical (unpaired) electrons. The molecule has 0 atom stereocenters. The lowest BCUT2D eigenvalue weighted by atomic mass is 10.0. The summed E-state index contributed by atoms with van der Waals surface area (Å²) in [5.74, 6) is 0.0597. The lowest BCUT2D eigenvalue weighted by Gasteiger charge is -2.35. The van der Waals surface area contributed by atoms with Crippen LogP contribution in [0.15, 0.2) is 60.8 Å². The predicted molar refractivity (Wildman–Crippen MR) is 165 cm³/mol. The predicted octanol–water partition coefficient (Wildman–Crippen LogP) is 4.44. The lowest BCUT2D eigenvalue weighted by molar-refractivity contribution is 0.0141. The van der Waals surface area contributed by atoms with Gasteiger partial charge in [-0.3, -0.25) is 14.5 Å². The van der Waals surface area contributed by atoms with Gasteiger partial charge in [0.1, 0.15) is 5.60 Å². The Balaban J connectivity index is 1.27. The molecular weight excluding hydrogens is 544 g/mol. The molecule has 0 aliphatic carbocycles. The third kappa shape index (κ3) is 7.43. The van der Waals surface area contributed by atoms with Gasteiger partial charge in [0.05, 0.1) is 5.69 Å². The van der Waals surface area contributed by atoms with Crippen molar-refractivity contribution in [3.05, 3.63) is 77.7 Å². The molecule has 10 heteroatoms.